The standard InChI is InChI=1S/C20H21N3O2/c1-19(12-14-8-4-3-5-9-14)13-20(17(24)23(2)18(21)22-20)15-10-6-7-11-16(15)25-19/h3-11H,12-13H2,1-2H3,(H2,21,22)/t19-,20-/m1/s1. The van der Waals surface area contributed by atoms with Crippen LogP contribution in [0.15, 0.2) is 59.6 Å². The van der Waals surface area contributed by atoms with Crippen molar-refractivity contribution in [2.24, 2.45) is 10.7 Å². The number of rotatable bonds is 2. The molecule has 1 amide bonds. The van der Waals surface area contributed by atoms with Gasteiger partial charge in [0, 0.05) is 25.5 Å². The molecule has 2 heterocycles. The van der Waals surface area contributed by atoms with Gasteiger partial charge in [-0.2, -0.15) is 0 Å². The molecular weight excluding hydrogens is 314 g/mol. The van der Waals surface area contributed by atoms with Crippen molar-refractivity contribution in [2.75, 3.05) is 7.05 Å². The summed E-state index contributed by atoms with van der Waals surface area (Å²) >= 11 is 0. The Kier molecular flexibility index (Phi) is 3.35. The minimum atomic E-state index is -1.00. The van der Waals surface area contributed by atoms with Crippen LogP contribution in [0.2, 0.25) is 0 Å². The molecule has 2 aliphatic heterocycles. The van der Waals surface area contributed by atoms with Gasteiger partial charge >= 0.3 is 0 Å². The van der Waals surface area contributed by atoms with Crippen molar-refractivity contribution in [3.63, 3.8) is 0 Å². The van der Waals surface area contributed by atoms with Crippen LogP contribution in [0, 0.1) is 0 Å². The Balaban J connectivity index is 1.82. The van der Waals surface area contributed by atoms with E-state index in [2.05, 4.69) is 17.1 Å². The Morgan fingerprint density at radius 1 is 1.16 bits per heavy atom. The van der Waals surface area contributed by atoms with Crippen LogP contribution in [0.5, 0.6) is 5.75 Å². The maximum absolute atomic E-state index is 13.1. The molecule has 2 aromatic rings. The fraction of sp³-hybridized carbons (Fsp3) is 0.300. The topological polar surface area (TPSA) is 67.9 Å². The number of guanidine groups is 1. The molecule has 0 fully saturated rings. The molecule has 0 aliphatic carbocycles. The zero-order valence-electron chi connectivity index (χ0n) is 14.4. The van der Waals surface area contributed by atoms with Crippen molar-refractivity contribution in [3.05, 3.63) is 65.7 Å². The summed E-state index contributed by atoms with van der Waals surface area (Å²) in [6.07, 6.45) is 1.14. The Morgan fingerprint density at radius 3 is 2.52 bits per heavy atom. The summed E-state index contributed by atoms with van der Waals surface area (Å²) in [5.41, 5.74) is 6.38. The van der Waals surface area contributed by atoms with Crippen LogP contribution < -0.4 is 10.5 Å². The molecule has 128 valence electrons. The van der Waals surface area contributed by atoms with Crippen molar-refractivity contribution in [1.29, 1.82) is 0 Å². The summed E-state index contributed by atoms with van der Waals surface area (Å²) in [5.74, 6) is 0.858. The lowest BCUT2D eigenvalue weighted by Gasteiger charge is -2.43. The van der Waals surface area contributed by atoms with E-state index < -0.39 is 11.1 Å². The first-order chi connectivity index (χ1) is 11.9. The van der Waals surface area contributed by atoms with Gasteiger partial charge in [-0.15, -0.1) is 0 Å². The minimum absolute atomic E-state index is 0.0972. The molecule has 25 heavy (non-hydrogen) atoms. The highest BCUT2D eigenvalue weighted by molar-refractivity contribution is 6.07. The lowest BCUT2D eigenvalue weighted by Crippen LogP contribution is -2.51. The van der Waals surface area contributed by atoms with E-state index in [0.29, 0.717) is 18.6 Å². The van der Waals surface area contributed by atoms with Crippen LogP contribution in [-0.2, 0) is 16.8 Å². The molecule has 2 N–H and O–H groups in total. The predicted octanol–water partition coefficient (Wildman–Crippen LogP) is 2.45. The normalized spacial score (nSPS) is 27.8. The van der Waals surface area contributed by atoms with Crippen molar-refractivity contribution in [2.45, 2.75) is 30.9 Å². The van der Waals surface area contributed by atoms with Crippen LogP contribution in [0.1, 0.15) is 24.5 Å². The average Bonchev–Trinajstić information content (AvgIpc) is 2.80. The van der Waals surface area contributed by atoms with E-state index in [-0.39, 0.29) is 11.9 Å². The van der Waals surface area contributed by atoms with Crippen molar-refractivity contribution in [1.82, 2.24) is 4.90 Å². The van der Waals surface area contributed by atoms with Crippen molar-refractivity contribution >= 4 is 11.9 Å². The molecule has 0 radical (unpaired) electrons. The molecule has 0 saturated carbocycles. The van der Waals surface area contributed by atoms with Crippen LogP contribution in [-0.4, -0.2) is 29.4 Å². The molecule has 5 nitrogen and oxygen atoms in total. The quantitative estimate of drug-likeness (QED) is 0.916. The summed E-state index contributed by atoms with van der Waals surface area (Å²) in [6.45, 7) is 2.04. The minimum Gasteiger partial charge on any atom is -0.487 e. The Hall–Kier alpha value is -2.82. The van der Waals surface area contributed by atoms with Gasteiger partial charge in [-0.3, -0.25) is 9.69 Å². The molecule has 2 atom stereocenters. The van der Waals surface area contributed by atoms with Crippen LogP contribution >= 0.6 is 0 Å². The number of nitrogens with two attached hydrogens (primary N) is 1. The number of hydrogen-bond acceptors (Lipinski definition) is 4. The lowest BCUT2D eigenvalue weighted by molar-refractivity contribution is -0.133. The zero-order chi connectivity index (χ0) is 17.7. The van der Waals surface area contributed by atoms with Gasteiger partial charge in [-0.05, 0) is 18.6 Å². The Bertz CT molecular complexity index is 864. The number of benzene rings is 2. The maximum Gasteiger partial charge on any atom is 0.261 e. The van der Waals surface area contributed by atoms with Gasteiger partial charge in [-0.25, -0.2) is 4.99 Å². The van der Waals surface area contributed by atoms with E-state index in [1.54, 1.807) is 7.05 Å². The van der Waals surface area contributed by atoms with Gasteiger partial charge in [0.2, 0.25) is 0 Å². The fourth-order valence-electron chi connectivity index (χ4n) is 3.95. The molecule has 1 spiro atoms. The highest BCUT2D eigenvalue weighted by Crippen LogP contribution is 2.49. The first-order valence-corrected chi connectivity index (χ1v) is 8.39. The van der Waals surface area contributed by atoms with Crippen LogP contribution in [0.25, 0.3) is 0 Å². The third kappa shape index (κ3) is 2.38. The number of nitrogens with zero attached hydrogens (tertiary/aromatic N) is 2. The molecular formula is C20H21N3O2. The van der Waals surface area contributed by atoms with Gasteiger partial charge in [0.25, 0.3) is 5.91 Å². The number of likely N-dealkylation sites (N-methyl/N-ethyl adjacent to an activating group) is 1. The van der Waals surface area contributed by atoms with Gasteiger partial charge in [-0.1, -0.05) is 48.5 Å². The maximum atomic E-state index is 13.1. The molecule has 2 aliphatic rings. The molecule has 4 rings (SSSR count). The summed E-state index contributed by atoms with van der Waals surface area (Å²) in [7, 11) is 1.67. The molecule has 0 saturated heterocycles. The summed E-state index contributed by atoms with van der Waals surface area (Å²) < 4.78 is 6.35. The second-order valence-electron chi connectivity index (χ2n) is 7.08. The van der Waals surface area contributed by atoms with Crippen molar-refractivity contribution in [3.8, 4) is 5.75 Å². The second-order valence-corrected chi connectivity index (χ2v) is 7.08. The molecule has 5 heteroatoms. The summed E-state index contributed by atoms with van der Waals surface area (Å²) in [5, 5.41) is 0. The van der Waals surface area contributed by atoms with E-state index in [1.165, 1.54) is 4.90 Å². The summed E-state index contributed by atoms with van der Waals surface area (Å²) in [6, 6.07) is 17.8. The molecule has 0 unspecified atom stereocenters. The second kappa shape index (κ2) is 5.34. The largest absolute Gasteiger partial charge is 0.487 e. The highest BCUT2D eigenvalue weighted by atomic mass is 16.5. The highest BCUT2D eigenvalue weighted by Gasteiger charge is 2.56. The van der Waals surface area contributed by atoms with Gasteiger partial charge in [0.05, 0.1) is 0 Å². The Morgan fingerprint density at radius 2 is 1.84 bits per heavy atom. The third-order valence-electron chi connectivity index (χ3n) is 5.05. The third-order valence-corrected chi connectivity index (χ3v) is 5.05. The number of carbonyl (C=O) groups is 1. The number of para-hydroxylation sites is 1. The Labute approximate surface area is 147 Å². The number of carbonyl (C=O) groups excluding carboxylic acids is 1. The predicted molar refractivity (Wildman–Crippen MR) is 96.3 cm³/mol. The summed E-state index contributed by atoms with van der Waals surface area (Å²) in [4.78, 5) is 19.1. The number of fused-ring (bicyclic) bond motifs is 2. The van der Waals surface area contributed by atoms with Gasteiger partial charge < -0.3 is 10.5 Å². The van der Waals surface area contributed by atoms with Gasteiger partial charge in [0.1, 0.15) is 11.4 Å². The number of amides is 1. The first kappa shape index (κ1) is 15.7. The number of ether oxygens (including phenoxy) is 1. The van der Waals surface area contributed by atoms with E-state index in [4.69, 9.17) is 10.5 Å². The van der Waals surface area contributed by atoms with E-state index >= 15 is 0 Å². The smallest absolute Gasteiger partial charge is 0.261 e. The van der Waals surface area contributed by atoms with E-state index in [1.807, 2.05) is 49.4 Å². The van der Waals surface area contributed by atoms with E-state index in [0.717, 1.165) is 11.1 Å². The average molecular weight is 335 g/mol. The SMILES string of the molecule is CN1C(=O)[C@]2(C[C@@](C)(Cc3ccccc3)Oc3ccccc32)N=C1N. The van der Waals surface area contributed by atoms with Crippen molar-refractivity contribution < 1.29 is 9.53 Å². The van der Waals surface area contributed by atoms with E-state index in [9.17, 15) is 4.79 Å². The van der Waals surface area contributed by atoms with Crippen LogP contribution in [0.4, 0.5) is 0 Å². The molecule has 0 aromatic heterocycles. The fourth-order valence-corrected chi connectivity index (χ4v) is 3.95. The number of hydrogen-bond donors (Lipinski definition) is 1. The monoisotopic (exact) mass is 335 g/mol. The zero-order valence-corrected chi connectivity index (χ0v) is 14.4. The van der Waals surface area contributed by atoms with Crippen LogP contribution in [0.3, 0.4) is 0 Å². The lowest BCUT2D eigenvalue weighted by atomic mass is 9.75. The molecule has 2 aromatic carbocycles. The number of aliphatic imine (C=N–C) groups is 1. The molecule has 0 bridgehead atoms. The van der Waals surface area contributed by atoms with Gasteiger partial charge in [0.15, 0.2) is 11.5 Å². The first-order valence-electron chi connectivity index (χ1n) is 8.39.